The highest BCUT2D eigenvalue weighted by Gasteiger charge is 2.31. The van der Waals surface area contributed by atoms with E-state index in [1.54, 1.807) is 20.2 Å². The zero-order chi connectivity index (χ0) is 23.4. The molecule has 6 heteroatoms. The van der Waals surface area contributed by atoms with Gasteiger partial charge in [-0.2, -0.15) is 0 Å². The number of para-hydroxylation sites is 1. The monoisotopic (exact) mass is 452 g/mol. The second kappa shape index (κ2) is 10.7. The van der Waals surface area contributed by atoms with Gasteiger partial charge in [0.15, 0.2) is 0 Å². The number of nitrogens with one attached hydrogen (secondary N) is 1. The summed E-state index contributed by atoms with van der Waals surface area (Å²) in [4.78, 5) is 19.5. The maximum Gasteiger partial charge on any atom is 0.217 e. The Balaban J connectivity index is 1.55. The zero-order valence-corrected chi connectivity index (χ0v) is 20.7. The minimum atomic E-state index is -0.0201. The molecule has 0 atom stereocenters. The zero-order valence-electron chi connectivity index (χ0n) is 20.7. The van der Waals surface area contributed by atoms with Crippen molar-refractivity contribution in [1.82, 2.24) is 14.8 Å². The summed E-state index contributed by atoms with van der Waals surface area (Å²) in [6, 6.07) is 9.67. The van der Waals surface area contributed by atoms with Gasteiger partial charge >= 0.3 is 0 Å². The van der Waals surface area contributed by atoms with E-state index >= 15 is 0 Å². The molecule has 4 rings (SSSR count). The lowest BCUT2D eigenvalue weighted by Crippen LogP contribution is -2.44. The lowest BCUT2D eigenvalue weighted by atomic mass is 9.79. The fraction of sp³-hybridized carbons (Fsp3) is 0.630. The van der Waals surface area contributed by atoms with Crippen molar-refractivity contribution in [3.05, 3.63) is 35.5 Å². The topological polar surface area (TPSA) is 58.9 Å². The fourth-order valence-electron chi connectivity index (χ4n) is 6.04. The summed E-state index contributed by atoms with van der Waals surface area (Å²) in [5.74, 6) is 1.71. The van der Waals surface area contributed by atoms with Crippen LogP contribution in [0.5, 0.6) is 0 Å². The molecular weight excluding hydrogens is 412 g/mol. The number of benzene rings is 1. The summed E-state index contributed by atoms with van der Waals surface area (Å²) in [7, 11) is 1.56. The third kappa shape index (κ3) is 5.26. The average molecular weight is 453 g/mol. The van der Waals surface area contributed by atoms with Crippen LogP contribution in [0.1, 0.15) is 76.6 Å². The highest BCUT2D eigenvalue weighted by atomic mass is 16.6. The van der Waals surface area contributed by atoms with E-state index < -0.39 is 0 Å². The number of aromatic nitrogens is 1. The molecule has 1 saturated heterocycles. The van der Waals surface area contributed by atoms with Gasteiger partial charge in [0.05, 0.1) is 12.8 Å². The number of oxime groups is 1. The number of amides is 1. The van der Waals surface area contributed by atoms with Gasteiger partial charge < -0.3 is 19.6 Å². The highest BCUT2D eigenvalue weighted by Crippen LogP contribution is 2.37. The molecule has 2 fully saturated rings. The molecule has 1 amide bonds. The van der Waals surface area contributed by atoms with Crippen LogP contribution in [0.15, 0.2) is 29.4 Å². The Morgan fingerprint density at radius 2 is 1.82 bits per heavy atom. The Morgan fingerprint density at radius 1 is 1.12 bits per heavy atom. The third-order valence-electron chi connectivity index (χ3n) is 7.91. The normalized spacial score (nSPS) is 22.9. The summed E-state index contributed by atoms with van der Waals surface area (Å²) in [5, 5.41) is 8.25. The first kappa shape index (κ1) is 23.8. The van der Waals surface area contributed by atoms with Crippen molar-refractivity contribution < 1.29 is 9.63 Å². The molecule has 180 valence electrons. The first-order valence-corrected chi connectivity index (χ1v) is 12.7. The summed E-state index contributed by atoms with van der Waals surface area (Å²) in [6.07, 6.45) is 9.53. The van der Waals surface area contributed by atoms with E-state index in [9.17, 15) is 4.79 Å². The molecule has 1 saturated carbocycles. The molecule has 1 aromatic heterocycles. The second-order valence-corrected chi connectivity index (χ2v) is 10.2. The maximum atomic E-state index is 11.7. The van der Waals surface area contributed by atoms with Crippen LogP contribution in [0.2, 0.25) is 0 Å². The molecule has 2 aromatic rings. The van der Waals surface area contributed by atoms with Crippen molar-refractivity contribution in [2.75, 3.05) is 20.2 Å². The van der Waals surface area contributed by atoms with Crippen LogP contribution in [0.25, 0.3) is 10.9 Å². The molecule has 0 radical (unpaired) electrons. The lowest BCUT2D eigenvalue weighted by molar-refractivity contribution is -0.119. The van der Waals surface area contributed by atoms with Gasteiger partial charge in [-0.1, -0.05) is 37.2 Å². The quantitative estimate of drug-likeness (QED) is 0.469. The van der Waals surface area contributed by atoms with E-state index in [-0.39, 0.29) is 5.91 Å². The van der Waals surface area contributed by atoms with E-state index in [0.29, 0.717) is 12.6 Å². The predicted molar refractivity (Wildman–Crippen MR) is 134 cm³/mol. The van der Waals surface area contributed by atoms with Crippen molar-refractivity contribution in [2.24, 2.45) is 17.0 Å². The van der Waals surface area contributed by atoms with Crippen LogP contribution in [0.3, 0.4) is 0 Å². The Bertz CT molecular complexity index is 964. The van der Waals surface area contributed by atoms with Crippen molar-refractivity contribution in [3.8, 4) is 0 Å². The first-order valence-electron chi connectivity index (χ1n) is 12.7. The van der Waals surface area contributed by atoms with Crippen LogP contribution >= 0.6 is 0 Å². The van der Waals surface area contributed by atoms with Gasteiger partial charge in [-0.3, -0.25) is 4.79 Å². The number of piperidine rings is 1. The Kier molecular flexibility index (Phi) is 7.74. The van der Waals surface area contributed by atoms with Crippen molar-refractivity contribution in [2.45, 2.75) is 77.9 Å². The van der Waals surface area contributed by atoms with Crippen molar-refractivity contribution >= 4 is 23.0 Å². The molecule has 1 aromatic carbocycles. The molecule has 1 N–H and O–H groups in total. The van der Waals surface area contributed by atoms with E-state index in [1.165, 1.54) is 31.2 Å². The number of carbonyl (C=O) groups excluding carboxylic acids is 1. The highest BCUT2D eigenvalue weighted by molar-refractivity contribution is 6.01. The number of fused-ring (bicyclic) bond motifs is 1. The van der Waals surface area contributed by atoms with Crippen molar-refractivity contribution in [1.29, 1.82) is 0 Å². The molecule has 2 aliphatic rings. The van der Waals surface area contributed by atoms with Gasteiger partial charge in [0.25, 0.3) is 0 Å². The largest absolute Gasteiger partial charge is 0.399 e. The van der Waals surface area contributed by atoms with Crippen LogP contribution < -0.4 is 5.32 Å². The van der Waals surface area contributed by atoms with Crippen LogP contribution in [0.4, 0.5) is 0 Å². The molecule has 0 bridgehead atoms. The molecule has 1 aliphatic carbocycles. The van der Waals surface area contributed by atoms with E-state index in [0.717, 1.165) is 60.5 Å². The van der Waals surface area contributed by atoms with E-state index in [1.807, 2.05) is 0 Å². The smallest absolute Gasteiger partial charge is 0.217 e. The molecule has 6 nitrogen and oxygen atoms in total. The van der Waals surface area contributed by atoms with Gasteiger partial charge in [0.1, 0.15) is 7.11 Å². The molecule has 0 spiro atoms. The van der Waals surface area contributed by atoms with Crippen LogP contribution in [-0.4, -0.2) is 47.8 Å². The first-order chi connectivity index (χ1) is 16.0. The Hall–Kier alpha value is -2.34. The van der Waals surface area contributed by atoms with Gasteiger partial charge in [0.2, 0.25) is 5.91 Å². The van der Waals surface area contributed by atoms with Gasteiger partial charge in [-0.05, 0) is 56.4 Å². The number of likely N-dealkylation sites (tertiary alicyclic amines) is 1. The maximum absolute atomic E-state index is 11.7. The lowest BCUT2D eigenvalue weighted by Gasteiger charge is -2.42. The Labute approximate surface area is 198 Å². The molecule has 2 heterocycles. The molecular formula is C27H40N4O2. The minimum absolute atomic E-state index is 0.0201. The SMILES string of the molecule is CON=Cc1c(CNC(C)=O)n(C2CCN(C3CCC(C(C)C)CC3)CC2)c2ccccc12. The van der Waals surface area contributed by atoms with Gasteiger partial charge in [-0.15, -0.1) is 0 Å². The molecule has 1 aliphatic heterocycles. The van der Waals surface area contributed by atoms with E-state index in [2.05, 4.69) is 58.1 Å². The van der Waals surface area contributed by atoms with Crippen LogP contribution in [0, 0.1) is 11.8 Å². The number of rotatable bonds is 7. The summed E-state index contributed by atoms with van der Waals surface area (Å²) < 4.78 is 2.47. The Morgan fingerprint density at radius 3 is 2.45 bits per heavy atom. The average Bonchev–Trinajstić information content (AvgIpc) is 3.14. The third-order valence-corrected chi connectivity index (χ3v) is 7.91. The summed E-state index contributed by atoms with van der Waals surface area (Å²) >= 11 is 0. The van der Waals surface area contributed by atoms with Crippen LogP contribution in [-0.2, 0) is 16.2 Å². The minimum Gasteiger partial charge on any atom is -0.399 e. The number of nitrogens with zero attached hydrogens (tertiary/aromatic N) is 3. The summed E-state index contributed by atoms with van der Waals surface area (Å²) in [5.41, 5.74) is 3.37. The van der Waals surface area contributed by atoms with Gasteiger partial charge in [0, 0.05) is 54.3 Å². The van der Waals surface area contributed by atoms with Crippen molar-refractivity contribution in [3.63, 3.8) is 0 Å². The summed E-state index contributed by atoms with van der Waals surface area (Å²) in [6.45, 7) is 9.12. The standard InChI is InChI=1S/C27H40N4O2/c1-19(2)21-9-11-22(12-10-21)30-15-13-23(14-16-30)31-26-8-6-5-7-24(26)25(17-29-33-4)27(31)18-28-20(3)32/h5-8,17,19,21-23H,9-16,18H2,1-4H3,(H,28,32). The number of carbonyl (C=O) groups is 1. The number of hydrogen-bond donors (Lipinski definition) is 1. The fourth-order valence-corrected chi connectivity index (χ4v) is 6.04. The molecule has 0 unspecified atom stereocenters. The second-order valence-electron chi connectivity index (χ2n) is 10.2. The predicted octanol–water partition coefficient (Wildman–Crippen LogP) is 5.11. The number of hydrogen-bond acceptors (Lipinski definition) is 4. The molecule has 33 heavy (non-hydrogen) atoms. The van der Waals surface area contributed by atoms with E-state index in [4.69, 9.17) is 4.84 Å². The van der Waals surface area contributed by atoms with Gasteiger partial charge in [-0.25, -0.2) is 0 Å².